The fourth-order valence-corrected chi connectivity index (χ4v) is 3.25. The molecule has 0 atom stereocenters. The van der Waals surface area contributed by atoms with Gasteiger partial charge in [-0.1, -0.05) is 30.5 Å². The summed E-state index contributed by atoms with van der Waals surface area (Å²) in [4.78, 5) is 12.4. The number of aryl methyl sites for hydroxylation is 1. The lowest BCUT2D eigenvalue weighted by Gasteiger charge is -2.28. The predicted molar refractivity (Wildman–Crippen MR) is 102 cm³/mol. The van der Waals surface area contributed by atoms with Gasteiger partial charge in [0.25, 0.3) is 10.1 Å². The maximum Gasteiger partial charge on any atom is 0.312 e. The van der Waals surface area contributed by atoms with Crippen LogP contribution in [0.4, 0.5) is 0 Å². The average Bonchev–Trinajstić information content (AvgIpc) is 2.49. The summed E-state index contributed by atoms with van der Waals surface area (Å²) in [5.74, 6) is -0.205. The molecule has 6 heteroatoms. The van der Waals surface area contributed by atoms with Crippen LogP contribution in [-0.2, 0) is 23.8 Å². The number of hydrogen-bond acceptors (Lipinski definition) is 5. The lowest BCUT2D eigenvalue weighted by Crippen LogP contribution is -2.33. The Morgan fingerprint density at radius 1 is 0.962 bits per heavy atom. The van der Waals surface area contributed by atoms with Crippen LogP contribution in [0.2, 0.25) is 0 Å². The van der Waals surface area contributed by atoms with Gasteiger partial charge in [-0.2, -0.15) is 8.42 Å². The number of hydrogen-bond donors (Lipinski definition) is 0. The van der Waals surface area contributed by atoms with Crippen molar-refractivity contribution in [3.8, 4) is 0 Å². The molecule has 1 aromatic rings. The van der Waals surface area contributed by atoms with Gasteiger partial charge >= 0.3 is 5.97 Å². The minimum atomic E-state index is -3.70. The predicted octanol–water partition coefficient (Wildman–Crippen LogP) is 4.63. The van der Waals surface area contributed by atoms with E-state index in [4.69, 9.17) is 8.92 Å². The zero-order chi connectivity index (χ0) is 20.0. The van der Waals surface area contributed by atoms with Gasteiger partial charge in [-0.05, 0) is 66.5 Å². The van der Waals surface area contributed by atoms with Crippen molar-refractivity contribution in [1.82, 2.24) is 0 Å². The minimum absolute atomic E-state index is 0.142. The van der Waals surface area contributed by atoms with E-state index in [0.717, 1.165) is 18.4 Å². The first-order chi connectivity index (χ1) is 11.8. The summed E-state index contributed by atoms with van der Waals surface area (Å²) < 4.78 is 34.7. The number of benzene rings is 1. The Morgan fingerprint density at radius 3 is 2.08 bits per heavy atom. The molecule has 0 bridgehead atoms. The zero-order valence-corrected chi connectivity index (χ0v) is 17.6. The third-order valence-corrected chi connectivity index (χ3v) is 5.27. The average molecular weight is 385 g/mol. The molecular weight excluding hydrogens is 352 g/mol. The molecule has 0 saturated heterocycles. The van der Waals surface area contributed by atoms with Gasteiger partial charge in [-0.3, -0.25) is 8.98 Å². The first kappa shape index (κ1) is 22.6. The van der Waals surface area contributed by atoms with E-state index in [9.17, 15) is 13.2 Å². The standard InChI is InChI=1S/C20H32O5S/c1-16-10-12-17(13-11-16)26(22,23)24-15-9-7-8-14-20(5,6)18(21)25-19(2,3)4/h10-13H,7-9,14-15H2,1-6H3. The lowest BCUT2D eigenvalue weighted by atomic mass is 9.87. The second kappa shape index (κ2) is 9.00. The summed E-state index contributed by atoms with van der Waals surface area (Å²) in [7, 11) is -3.70. The molecule has 0 aliphatic heterocycles. The lowest BCUT2D eigenvalue weighted by molar-refractivity contribution is -0.166. The molecule has 1 rings (SSSR count). The van der Waals surface area contributed by atoms with Crippen LogP contribution in [0.1, 0.15) is 65.9 Å². The van der Waals surface area contributed by atoms with Crippen LogP contribution in [0.25, 0.3) is 0 Å². The molecule has 0 aromatic heterocycles. The van der Waals surface area contributed by atoms with Crippen molar-refractivity contribution in [2.45, 2.75) is 77.7 Å². The fraction of sp³-hybridized carbons (Fsp3) is 0.650. The Bertz CT molecular complexity index is 682. The Kier molecular flexibility index (Phi) is 7.84. The Morgan fingerprint density at radius 2 is 1.54 bits per heavy atom. The van der Waals surface area contributed by atoms with E-state index in [0.29, 0.717) is 12.8 Å². The number of carbonyl (C=O) groups excluding carboxylic acids is 1. The number of rotatable bonds is 9. The molecule has 0 unspecified atom stereocenters. The van der Waals surface area contributed by atoms with Gasteiger partial charge < -0.3 is 4.74 Å². The monoisotopic (exact) mass is 384 g/mol. The number of ether oxygens (including phenoxy) is 1. The molecule has 0 spiro atoms. The maximum absolute atomic E-state index is 12.2. The van der Waals surface area contributed by atoms with Crippen LogP contribution in [0.3, 0.4) is 0 Å². The van der Waals surface area contributed by atoms with Gasteiger partial charge in [0.05, 0.1) is 16.9 Å². The molecule has 1 aromatic carbocycles. The molecule has 0 amide bonds. The van der Waals surface area contributed by atoms with Crippen LogP contribution in [0.5, 0.6) is 0 Å². The number of unbranched alkanes of at least 4 members (excludes halogenated alkanes) is 2. The van der Waals surface area contributed by atoms with E-state index in [1.807, 2.05) is 41.5 Å². The molecule has 0 saturated carbocycles. The van der Waals surface area contributed by atoms with Crippen LogP contribution < -0.4 is 0 Å². The van der Waals surface area contributed by atoms with Crippen molar-refractivity contribution in [1.29, 1.82) is 0 Å². The van der Waals surface area contributed by atoms with E-state index in [-0.39, 0.29) is 17.5 Å². The molecule has 26 heavy (non-hydrogen) atoms. The summed E-state index contributed by atoms with van der Waals surface area (Å²) in [5, 5.41) is 0. The van der Waals surface area contributed by atoms with Gasteiger partial charge in [0.2, 0.25) is 0 Å². The highest BCUT2D eigenvalue weighted by Crippen LogP contribution is 2.27. The first-order valence-corrected chi connectivity index (χ1v) is 10.4. The normalized spacial score (nSPS) is 12.8. The number of esters is 1. The minimum Gasteiger partial charge on any atom is -0.460 e. The van der Waals surface area contributed by atoms with E-state index < -0.39 is 21.1 Å². The third-order valence-electron chi connectivity index (χ3n) is 3.95. The molecular formula is C20H32O5S. The first-order valence-electron chi connectivity index (χ1n) is 9.03. The van der Waals surface area contributed by atoms with Crippen LogP contribution in [-0.4, -0.2) is 26.6 Å². The summed E-state index contributed by atoms with van der Waals surface area (Å²) in [6.07, 6.45) is 2.90. The maximum atomic E-state index is 12.2. The van der Waals surface area contributed by atoms with Crippen molar-refractivity contribution in [3.63, 3.8) is 0 Å². The van der Waals surface area contributed by atoms with Crippen molar-refractivity contribution >= 4 is 16.1 Å². The molecule has 0 aliphatic rings. The topological polar surface area (TPSA) is 69.7 Å². The van der Waals surface area contributed by atoms with E-state index in [1.54, 1.807) is 24.3 Å². The Labute approximate surface area is 158 Å². The highest BCUT2D eigenvalue weighted by molar-refractivity contribution is 7.86. The molecule has 0 aliphatic carbocycles. The van der Waals surface area contributed by atoms with Gasteiger partial charge in [0.1, 0.15) is 5.60 Å². The highest BCUT2D eigenvalue weighted by atomic mass is 32.2. The van der Waals surface area contributed by atoms with Gasteiger partial charge in [0.15, 0.2) is 0 Å². The van der Waals surface area contributed by atoms with Gasteiger partial charge in [-0.15, -0.1) is 0 Å². The van der Waals surface area contributed by atoms with Crippen LogP contribution in [0, 0.1) is 12.3 Å². The van der Waals surface area contributed by atoms with Crippen LogP contribution >= 0.6 is 0 Å². The van der Waals surface area contributed by atoms with E-state index in [2.05, 4.69) is 0 Å². The fourth-order valence-electron chi connectivity index (χ4n) is 2.31. The summed E-state index contributed by atoms with van der Waals surface area (Å²) in [6.45, 7) is 11.4. The zero-order valence-electron chi connectivity index (χ0n) is 16.8. The smallest absolute Gasteiger partial charge is 0.312 e. The summed E-state index contributed by atoms with van der Waals surface area (Å²) in [5.41, 5.74) is -0.0502. The molecule has 0 fully saturated rings. The molecule has 0 heterocycles. The van der Waals surface area contributed by atoms with Crippen molar-refractivity contribution in [3.05, 3.63) is 29.8 Å². The van der Waals surface area contributed by atoms with Crippen molar-refractivity contribution < 1.29 is 22.1 Å². The quantitative estimate of drug-likeness (QED) is 0.353. The highest BCUT2D eigenvalue weighted by Gasteiger charge is 2.31. The molecule has 148 valence electrons. The van der Waals surface area contributed by atoms with Crippen molar-refractivity contribution in [2.24, 2.45) is 5.41 Å². The molecule has 5 nitrogen and oxygen atoms in total. The van der Waals surface area contributed by atoms with Gasteiger partial charge in [-0.25, -0.2) is 0 Å². The summed E-state index contributed by atoms with van der Waals surface area (Å²) in [6, 6.07) is 6.59. The molecule has 0 radical (unpaired) electrons. The van der Waals surface area contributed by atoms with E-state index >= 15 is 0 Å². The van der Waals surface area contributed by atoms with Gasteiger partial charge in [0, 0.05) is 0 Å². The van der Waals surface area contributed by atoms with E-state index in [1.165, 1.54) is 0 Å². The number of carbonyl (C=O) groups is 1. The summed E-state index contributed by atoms with van der Waals surface area (Å²) >= 11 is 0. The Hall–Kier alpha value is -1.40. The third kappa shape index (κ3) is 7.87. The largest absolute Gasteiger partial charge is 0.460 e. The SMILES string of the molecule is Cc1ccc(S(=O)(=O)OCCCCCC(C)(C)C(=O)OC(C)(C)C)cc1. The van der Waals surface area contributed by atoms with Crippen LogP contribution in [0.15, 0.2) is 29.2 Å². The second-order valence-electron chi connectivity index (χ2n) is 8.29. The molecule has 0 N–H and O–H groups in total. The second-order valence-corrected chi connectivity index (χ2v) is 9.90. The van der Waals surface area contributed by atoms with Crippen molar-refractivity contribution in [2.75, 3.05) is 6.61 Å². The Balaban J connectivity index is 2.34.